The Morgan fingerprint density at radius 3 is 2.61 bits per heavy atom. The van der Waals surface area contributed by atoms with E-state index in [0.717, 1.165) is 28.9 Å². The standard InChI is InChI=1S/C26H30FNO4.ClH/c1-18(2)9-14-31-24-8-7-19(15-22(24)27)21-16-26(32-23-6-4-3-5-20(21)23)10-12-28(13-11-26)17-25(29)30;/h3-8,15-16,18H,9-14,17H2,1-2H3,(H,29,30);1H. The Morgan fingerprint density at radius 1 is 1.21 bits per heavy atom. The van der Waals surface area contributed by atoms with E-state index in [2.05, 4.69) is 19.9 Å². The van der Waals surface area contributed by atoms with Gasteiger partial charge in [-0.2, -0.15) is 0 Å². The van der Waals surface area contributed by atoms with Crippen LogP contribution in [0.4, 0.5) is 4.39 Å². The highest BCUT2D eigenvalue weighted by atomic mass is 35.5. The molecule has 33 heavy (non-hydrogen) atoms. The molecule has 5 nitrogen and oxygen atoms in total. The van der Waals surface area contributed by atoms with Gasteiger partial charge >= 0.3 is 5.97 Å². The second kappa shape index (κ2) is 10.6. The Kier molecular flexibility index (Phi) is 8.03. The van der Waals surface area contributed by atoms with Gasteiger partial charge < -0.3 is 14.6 Å². The molecule has 0 radical (unpaired) electrons. The van der Waals surface area contributed by atoms with Gasteiger partial charge in [0.25, 0.3) is 0 Å². The van der Waals surface area contributed by atoms with Crippen molar-refractivity contribution in [2.45, 2.75) is 38.7 Å². The number of ether oxygens (including phenoxy) is 2. The first-order valence-corrected chi connectivity index (χ1v) is 11.2. The number of halogens is 2. The summed E-state index contributed by atoms with van der Waals surface area (Å²) in [4.78, 5) is 13.0. The second-order valence-electron chi connectivity index (χ2n) is 9.07. The van der Waals surface area contributed by atoms with E-state index in [9.17, 15) is 9.18 Å². The molecule has 0 unspecified atom stereocenters. The molecule has 0 atom stereocenters. The summed E-state index contributed by atoms with van der Waals surface area (Å²) in [5, 5.41) is 9.09. The van der Waals surface area contributed by atoms with E-state index in [1.165, 1.54) is 6.07 Å². The molecule has 0 aromatic heterocycles. The summed E-state index contributed by atoms with van der Waals surface area (Å²) < 4.78 is 26.9. The van der Waals surface area contributed by atoms with Crippen LogP contribution in [0, 0.1) is 11.7 Å². The van der Waals surface area contributed by atoms with Crippen LogP contribution in [0.15, 0.2) is 48.5 Å². The highest BCUT2D eigenvalue weighted by Crippen LogP contribution is 2.43. The molecule has 0 bridgehead atoms. The summed E-state index contributed by atoms with van der Waals surface area (Å²) in [6.45, 7) is 6.01. The van der Waals surface area contributed by atoms with Crippen molar-refractivity contribution < 1.29 is 23.8 Å². The highest BCUT2D eigenvalue weighted by Gasteiger charge is 2.39. The summed E-state index contributed by atoms with van der Waals surface area (Å²) in [6.07, 6.45) is 4.33. The van der Waals surface area contributed by atoms with Crippen molar-refractivity contribution in [1.82, 2.24) is 4.90 Å². The lowest BCUT2D eigenvalue weighted by Gasteiger charge is -2.42. The van der Waals surface area contributed by atoms with Gasteiger partial charge in [0.1, 0.15) is 11.4 Å². The van der Waals surface area contributed by atoms with Crippen LogP contribution in [0.25, 0.3) is 5.57 Å². The first-order chi connectivity index (χ1) is 15.3. The SMILES string of the molecule is CC(C)CCOc1ccc(C2=CC3(CCN(CC(=O)O)CC3)Oc3ccccc32)cc1F.Cl. The number of likely N-dealkylation sites (tertiary alicyclic amines) is 1. The van der Waals surface area contributed by atoms with Gasteiger partial charge in [-0.25, -0.2) is 4.39 Å². The molecule has 178 valence electrons. The average Bonchev–Trinajstić information content (AvgIpc) is 2.75. The maximum Gasteiger partial charge on any atom is 0.317 e. The number of carbonyl (C=O) groups is 1. The van der Waals surface area contributed by atoms with E-state index in [4.69, 9.17) is 14.6 Å². The molecule has 4 rings (SSSR count). The van der Waals surface area contributed by atoms with E-state index >= 15 is 0 Å². The van der Waals surface area contributed by atoms with Crippen LogP contribution in [-0.2, 0) is 4.79 Å². The molecule has 1 N–H and O–H groups in total. The zero-order valence-electron chi connectivity index (χ0n) is 19.1. The molecule has 0 aliphatic carbocycles. The molecular formula is C26H31ClFNO4. The summed E-state index contributed by atoms with van der Waals surface area (Å²) in [7, 11) is 0. The Morgan fingerprint density at radius 2 is 1.94 bits per heavy atom. The normalized spacial score (nSPS) is 17.0. The highest BCUT2D eigenvalue weighted by molar-refractivity contribution is 5.85. The summed E-state index contributed by atoms with van der Waals surface area (Å²) in [5.74, 6) is 0.348. The van der Waals surface area contributed by atoms with E-state index < -0.39 is 11.6 Å². The molecule has 2 heterocycles. The fraction of sp³-hybridized carbons (Fsp3) is 0.423. The third-order valence-corrected chi connectivity index (χ3v) is 6.15. The van der Waals surface area contributed by atoms with Gasteiger partial charge in [0.2, 0.25) is 0 Å². The third-order valence-electron chi connectivity index (χ3n) is 6.15. The minimum absolute atomic E-state index is 0. The first-order valence-electron chi connectivity index (χ1n) is 11.2. The Labute approximate surface area is 200 Å². The summed E-state index contributed by atoms with van der Waals surface area (Å²) >= 11 is 0. The number of nitrogens with zero attached hydrogens (tertiary/aromatic N) is 1. The van der Waals surface area contributed by atoms with Crippen LogP contribution in [0.3, 0.4) is 0 Å². The second-order valence-corrected chi connectivity index (χ2v) is 9.07. The lowest BCUT2D eigenvalue weighted by molar-refractivity contribution is -0.139. The lowest BCUT2D eigenvalue weighted by Crippen LogP contribution is -2.49. The topological polar surface area (TPSA) is 59.0 Å². The molecular weight excluding hydrogens is 445 g/mol. The van der Waals surface area contributed by atoms with Gasteiger partial charge in [-0.15, -0.1) is 12.4 Å². The fourth-order valence-electron chi connectivity index (χ4n) is 4.32. The van der Waals surface area contributed by atoms with Crippen LogP contribution in [-0.4, -0.2) is 47.8 Å². The van der Waals surface area contributed by atoms with Crippen molar-refractivity contribution in [3.05, 3.63) is 65.5 Å². The minimum atomic E-state index is -0.821. The number of fused-ring (bicyclic) bond motifs is 1. The van der Waals surface area contributed by atoms with Crippen molar-refractivity contribution in [2.24, 2.45) is 5.92 Å². The van der Waals surface area contributed by atoms with Gasteiger partial charge in [-0.1, -0.05) is 38.1 Å². The van der Waals surface area contributed by atoms with Crippen molar-refractivity contribution in [3.63, 3.8) is 0 Å². The molecule has 0 amide bonds. The smallest absolute Gasteiger partial charge is 0.317 e. The number of para-hydroxylation sites is 1. The number of carboxylic acid groups (broad SMARTS) is 1. The quantitative estimate of drug-likeness (QED) is 0.579. The monoisotopic (exact) mass is 475 g/mol. The number of aliphatic carboxylic acids is 1. The van der Waals surface area contributed by atoms with E-state index in [0.29, 0.717) is 38.5 Å². The molecule has 0 saturated carbocycles. The number of hydrogen-bond acceptors (Lipinski definition) is 4. The van der Waals surface area contributed by atoms with Gasteiger partial charge in [0.15, 0.2) is 11.6 Å². The maximum absolute atomic E-state index is 14.9. The van der Waals surface area contributed by atoms with Gasteiger partial charge in [-0.3, -0.25) is 9.69 Å². The molecule has 2 aliphatic heterocycles. The van der Waals surface area contributed by atoms with Crippen LogP contribution in [0.1, 0.15) is 44.2 Å². The van der Waals surface area contributed by atoms with E-state index in [1.54, 1.807) is 6.07 Å². The number of benzene rings is 2. The largest absolute Gasteiger partial charge is 0.491 e. The molecule has 1 spiro atoms. The fourth-order valence-corrected chi connectivity index (χ4v) is 4.32. The molecule has 2 aromatic carbocycles. The van der Waals surface area contributed by atoms with Crippen molar-refractivity contribution >= 4 is 23.9 Å². The third kappa shape index (κ3) is 5.87. The molecule has 7 heteroatoms. The van der Waals surface area contributed by atoms with Gasteiger partial charge in [-0.05, 0) is 47.8 Å². The molecule has 1 fully saturated rings. The van der Waals surface area contributed by atoms with Crippen LogP contribution >= 0.6 is 12.4 Å². The summed E-state index contributed by atoms with van der Waals surface area (Å²) in [5.41, 5.74) is 2.12. The van der Waals surface area contributed by atoms with Crippen molar-refractivity contribution in [1.29, 1.82) is 0 Å². The Bertz CT molecular complexity index is 1020. The van der Waals surface area contributed by atoms with E-state index in [-0.39, 0.29) is 30.5 Å². The van der Waals surface area contributed by atoms with Gasteiger partial charge in [0, 0.05) is 31.5 Å². The van der Waals surface area contributed by atoms with Crippen LogP contribution in [0.2, 0.25) is 0 Å². The maximum atomic E-state index is 14.9. The predicted octanol–water partition coefficient (Wildman–Crippen LogP) is 5.42. The number of piperidine rings is 1. The summed E-state index contributed by atoms with van der Waals surface area (Å²) in [6, 6.07) is 12.9. The molecule has 1 saturated heterocycles. The zero-order valence-corrected chi connectivity index (χ0v) is 19.9. The Hall–Kier alpha value is -2.57. The van der Waals surface area contributed by atoms with Crippen LogP contribution in [0.5, 0.6) is 11.5 Å². The number of rotatable bonds is 7. The molecule has 2 aliphatic rings. The lowest BCUT2D eigenvalue weighted by atomic mass is 9.83. The zero-order chi connectivity index (χ0) is 22.7. The van der Waals surface area contributed by atoms with Crippen LogP contribution < -0.4 is 9.47 Å². The Balaban J connectivity index is 0.00000306. The minimum Gasteiger partial charge on any atom is -0.491 e. The van der Waals surface area contributed by atoms with Gasteiger partial charge in [0.05, 0.1) is 13.2 Å². The first kappa shape index (κ1) is 25.1. The van der Waals surface area contributed by atoms with Crippen molar-refractivity contribution in [2.75, 3.05) is 26.2 Å². The molecule has 2 aromatic rings. The van der Waals surface area contributed by atoms with E-state index in [1.807, 2.05) is 35.2 Å². The number of carboxylic acids is 1. The number of hydrogen-bond donors (Lipinski definition) is 1. The predicted molar refractivity (Wildman–Crippen MR) is 129 cm³/mol. The van der Waals surface area contributed by atoms with Crippen molar-refractivity contribution in [3.8, 4) is 11.5 Å². The average molecular weight is 476 g/mol.